The molecule has 0 saturated carbocycles. The first-order valence-corrected chi connectivity index (χ1v) is 5.66. The van der Waals surface area contributed by atoms with E-state index in [4.69, 9.17) is 0 Å². The van der Waals surface area contributed by atoms with Gasteiger partial charge in [-0.05, 0) is 12.1 Å². The number of aldehydes is 1. The van der Waals surface area contributed by atoms with Crippen molar-refractivity contribution in [3.05, 3.63) is 60.3 Å². The molecule has 0 aliphatic heterocycles. The highest BCUT2D eigenvalue weighted by atomic mass is 16.1. The highest BCUT2D eigenvalue weighted by molar-refractivity contribution is 5.88. The van der Waals surface area contributed by atoms with Gasteiger partial charge in [-0.2, -0.15) is 0 Å². The van der Waals surface area contributed by atoms with Gasteiger partial charge in [0.1, 0.15) is 11.4 Å². The fourth-order valence-corrected chi connectivity index (χ4v) is 1.90. The SMILES string of the molecule is O=Cc1nc2ccccc2nc1-c1ccccc1. The van der Waals surface area contributed by atoms with E-state index >= 15 is 0 Å². The van der Waals surface area contributed by atoms with Gasteiger partial charge in [0.15, 0.2) is 6.29 Å². The van der Waals surface area contributed by atoms with Crippen LogP contribution in [0.5, 0.6) is 0 Å². The number of carbonyl (C=O) groups excluding carboxylic acids is 1. The molecule has 0 spiro atoms. The van der Waals surface area contributed by atoms with Gasteiger partial charge in [-0.25, -0.2) is 9.97 Å². The zero-order valence-electron chi connectivity index (χ0n) is 9.58. The van der Waals surface area contributed by atoms with Crippen LogP contribution in [-0.2, 0) is 0 Å². The van der Waals surface area contributed by atoms with Crippen LogP contribution in [0.25, 0.3) is 22.3 Å². The summed E-state index contributed by atoms with van der Waals surface area (Å²) in [5.41, 5.74) is 3.43. The zero-order valence-corrected chi connectivity index (χ0v) is 9.58. The summed E-state index contributed by atoms with van der Waals surface area (Å²) < 4.78 is 0. The van der Waals surface area contributed by atoms with Gasteiger partial charge in [-0.1, -0.05) is 42.5 Å². The van der Waals surface area contributed by atoms with Crippen molar-refractivity contribution in [3.8, 4) is 11.3 Å². The lowest BCUT2D eigenvalue weighted by Gasteiger charge is -2.05. The lowest BCUT2D eigenvalue weighted by molar-refractivity contribution is 0.111. The van der Waals surface area contributed by atoms with Crippen molar-refractivity contribution in [1.82, 2.24) is 9.97 Å². The first-order valence-electron chi connectivity index (χ1n) is 5.66. The molecule has 0 unspecified atom stereocenters. The van der Waals surface area contributed by atoms with E-state index in [1.165, 1.54) is 0 Å². The summed E-state index contributed by atoms with van der Waals surface area (Å²) in [6.07, 6.45) is 0.752. The van der Waals surface area contributed by atoms with E-state index < -0.39 is 0 Å². The van der Waals surface area contributed by atoms with Gasteiger partial charge in [-0.3, -0.25) is 4.79 Å². The largest absolute Gasteiger partial charge is 0.296 e. The maximum atomic E-state index is 11.1. The Hall–Kier alpha value is -2.55. The molecule has 0 aliphatic rings. The van der Waals surface area contributed by atoms with E-state index in [0.717, 1.165) is 22.9 Å². The van der Waals surface area contributed by atoms with Crippen molar-refractivity contribution in [2.45, 2.75) is 0 Å². The molecule has 2 aromatic carbocycles. The Morgan fingerprint density at radius 1 is 0.778 bits per heavy atom. The van der Waals surface area contributed by atoms with Crippen molar-refractivity contribution in [2.75, 3.05) is 0 Å². The lowest BCUT2D eigenvalue weighted by atomic mass is 10.1. The lowest BCUT2D eigenvalue weighted by Crippen LogP contribution is -1.97. The molecule has 3 nitrogen and oxygen atoms in total. The highest BCUT2D eigenvalue weighted by Gasteiger charge is 2.09. The van der Waals surface area contributed by atoms with E-state index in [0.29, 0.717) is 11.4 Å². The summed E-state index contributed by atoms with van der Waals surface area (Å²) in [6.45, 7) is 0. The Morgan fingerprint density at radius 2 is 1.39 bits per heavy atom. The molecule has 0 saturated heterocycles. The zero-order chi connectivity index (χ0) is 12.4. The predicted molar refractivity (Wildman–Crippen MR) is 70.4 cm³/mol. The van der Waals surface area contributed by atoms with Crippen LogP contribution < -0.4 is 0 Å². The Labute approximate surface area is 104 Å². The summed E-state index contributed by atoms with van der Waals surface area (Å²) in [7, 11) is 0. The summed E-state index contributed by atoms with van der Waals surface area (Å²) >= 11 is 0. The molecular weight excluding hydrogens is 224 g/mol. The van der Waals surface area contributed by atoms with Gasteiger partial charge in [0.05, 0.1) is 11.0 Å². The van der Waals surface area contributed by atoms with Crippen molar-refractivity contribution in [3.63, 3.8) is 0 Å². The molecule has 3 aromatic rings. The number of aromatic nitrogens is 2. The monoisotopic (exact) mass is 234 g/mol. The van der Waals surface area contributed by atoms with E-state index in [-0.39, 0.29) is 0 Å². The average molecular weight is 234 g/mol. The van der Waals surface area contributed by atoms with Crippen LogP contribution >= 0.6 is 0 Å². The van der Waals surface area contributed by atoms with Crippen LogP contribution in [0, 0.1) is 0 Å². The van der Waals surface area contributed by atoms with Gasteiger partial charge in [0.2, 0.25) is 0 Å². The maximum absolute atomic E-state index is 11.1. The second-order valence-electron chi connectivity index (χ2n) is 3.93. The molecular formula is C15H10N2O. The van der Waals surface area contributed by atoms with Gasteiger partial charge in [0, 0.05) is 5.56 Å². The Balaban J connectivity index is 2.31. The van der Waals surface area contributed by atoms with E-state index in [2.05, 4.69) is 9.97 Å². The second-order valence-corrected chi connectivity index (χ2v) is 3.93. The quantitative estimate of drug-likeness (QED) is 0.640. The van der Waals surface area contributed by atoms with Gasteiger partial charge < -0.3 is 0 Å². The van der Waals surface area contributed by atoms with Crippen molar-refractivity contribution < 1.29 is 4.79 Å². The Morgan fingerprint density at radius 3 is 2.06 bits per heavy atom. The molecule has 0 fully saturated rings. The second kappa shape index (κ2) is 4.37. The molecule has 1 aromatic heterocycles. The molecule has 1 heterocycles. The number of nitrogens with zero attached hydrogens (tertiary/aromatic N) is 2. The number of hydrogen-bond acceptors (Lipinski definition) is 3. The minimum atomic E-state index is 0.375. The van der Waals surface area contributed by atoms with Crippen LogP contribution in [0.2, 0.25) is 0 Å². The number of para-hydroxylation sites is 2. The van der Waals surface area contributed by atoms with Gasteiger partial charge >= 0.3 is 0 Å². The van der Waals surface area contributed by atoms with E-state index in [1.54, 1.807) is 0 Å². The van der Waals surface area contributed by atoms with Crippen molar-refractivity contribution >= 4 is 17.3 Å². The fraction of sp³-hybridized carbons (Fsp3) is 0. The van der Waals surface area contributed by atoms with Gasteiger partial charge in [-0.15, -0.1) is 0 Å². The van der Waals surface area contributed by atoms with Gasteiger partial charge in [0.25, 0.3) is 0 Å². The topological polar surface area (TPSA) is 42.9 Å². The first-order chi connectivity index (χ1) is 8.88. The minimum absolute atomic E-state index is 0.375. The minimum Gasteiger partial charge on any atom is -0.296 e. The molecule has 18 heavy (non-hydrogen) atoms. The summed E-state index contributed by atoms with van der Waals surface area (Å²) in [5, 5.41) is 0. The van der Waals surface area contributed by atoms with Crippen LogP contribution in [0.4, 0.5) is 0 Å². The molecule has 0 bridgehead atoms. The van der Waals surface area contributed by atoms with Crippen LogP contribution in [0.3, 0.4) is 0 Å². The maximum Gasteiger partial charge on any atom is 0.170 e. The molecule has 3 rings (SSSR count). The van der Waals surface area contributed by atoms with Crippen LogP contribution in [0.1, 0.15) is 10.5 Å². The molecule has 0 N–H and O–H groups in total. The van der Waals surface area contributed by atoms with E-state index in [1.807, 2.05) is 54.6 Å². The van der Waals surface area contributed by atoms with E-state index in [9.17, 15) is 4.79 Å². The van der Waals surface area contributed by atoms with Crippen LogP contribution in [0.15, 0.2) is 54.6 Å². The molecule has 3 heteroatoms. The third kappa shape index (κ3) is 1.76. The average Bonchev–Trinajstić information content (AvgIpc) is 2.46. The number of carbonyl (C=O) groups is 1. The first kappa shape index (κ1) is 10.6. The normalized spacial score (nSPS) is 10.4. The molecule has 86 valence electrons. The highest BCUT2D eigenvalue weighted by Crippen LogP contribution is 2.21. The third-order valence-corrected chi connectivity index (χ3v) is 2.76. The molecule has 0 amide bonds. The van der Waals surface area contributed by atoms with Crippen molar-refractivity contribution in [2.24, 2.45) is 0 Å². The predicted octanol–water partition coefficient (Wildman–Crippen LogP) is 3.11. The summed E-state index contributed by atoms with van der Waals surface area (Å²) in [6, 6.07) is 17.1. The summed E-state index contributed by atoms with van der Waals surface area (Å²) in [5.74, 6) is 0. The number of hydrogen-bond donors (Lipinski definition) is 0. The van der Waals surface area contributed by atoms with Crippen molar-refractivity contribution in [1.29, 1.82) is 0 Å². The fourth-order valence-electron chi connectivity index (χ4n) is 1.90. The number of fused-ring (bicyclic) bond motifs is 1. The standard InChI is InChI=1S/C15H10N2O/c18-10-14-15(11-6-2-1-3-7-11)17-13-9-5-4-8-12(13)16-14/h1-10H. The molecule has 0 radical (unpaired) electrons. The summed E-state index contributed by atoms with van der Waals surface area (Å²) in [4.78, 5) is 20.0. The Kier molecular flexibility index (Phi) is 2.57. The number of benzene rings is 2. The smallest absolute Gasteiger partial charge is 0.170 e. The van der Waals surface area contributed by atoms with Crippen LogP contribution in [-0.4, -0.2) is 16.3 Å². The molecule has 0 aliphatic carbocycles. The third-order valence-electron chi connectivity index (χ3n) is 2.76. The Bertz CT molecular complexity index is 708. The molecule has 0 atom stereocenters. The number of rotatable bonds is 2.